The molecule has 3 N–H and O–H groups in total. The lowest BCUT2D eigenvalue weighted by Gasteiger charge is -2.25. The fourth-order valence-corrected chi connectivity index (χ4v) is 5.23. The molecule has 3 unspecified atom stereocenters. The van der Waals surface area contributed by atoms with Crippen LogP contribution in [-0.4, -0.2) is 130 Å². The Balaban J connectivity index is 1.46. The fraction of sp³-hybridized carbons (Fsp3) is 0.500. The average molecular weight is 642 g/mol. The molecular formula is C30H39N7O9. The highest BCUT2D eigenvalue weighted by atomic mass is 16.2. The molecular weight excluding hydrogens is 602 g/mol. The van der Waals surface area contributed by atoms with Crippen molar-refractivity contribution in [3.05, 3.63) is 36.5 Å². The van der Waals surface area contributed by atoms with Gasteiger partial charge in [-0.2, -0.15) is 0 Å². The van der Waals surface area contributed by atoms with E-state index in [9.17, 15) is 43.2 Å². The molecule has 16 heteroatoms. The van der Waals surface area contributed by atoms with Gasteiger partial charge in [-0.05, 0) is 20.8 Å². The van der Waals surface area contributed by atoms with Crippen LogP contribution in [0.4, 0.5) is 0 Å². The third-order valence-corrected chi connectivity index (χ3v) is 7.55. The van der Waals surface area contributed by atoms with Crippen molar-refractivity contribution in [2.75, 3.05) is 39.3 Å². The summed E-state index contributed by atoms with van der Waals surface area (Å²) in [5.41, 5.74) is 0. The Morgan fingerprint density at radius 1 is 0.500 bits per heavy atom. The Morgan fingerprint density at radius 3 is 0.935 bits per heavy atom. The van der Waals surface area contributed by atoms with E-state index in [1.807, 2.05) is 4.90 Å². The summed E-state index contributed by atoms with van der Waals surface area (Å²) in [5.74, 6) is -3.97. The second-order valence-electron chi connectivity index (χ2n) is 11.2. The molecule has 248 valence electrons. The molecule has 3 aliphatic rings. The molecule has 0 spiro atoms. The number of hydrogen-bond acceptors (Lipinski definition) is 10. The minimum atomic E-state index is -0.634. The number of rotatable bonds is 18. The Bertz CT molecular complexity index is 1160. The zero-order chi connectivity index (χ0) is 34.0. The Labute approximate surface area is 265 Å². The van der Waals surface area contributed by atoms with Crippen LogP contribution < -0.4 is 16.0 Å². The summed E-state index contributed by atoms with van der Waals surface area (Å²) in [6, 6.07) is -1.90. The highest BCUT2D eigenvalue weighted by molar-refractivity contribution is 6.14. The van der Waals surface area contributed by atoms with Gasteiger partial charge < -0.3 is 16.0 Å². The van der Waals surface area contributed by atoms with Gasteiger partial charge in [-0.25, -0.2) is 0 Å². The van der Waals surface area contributed by atoms with Crippen molar-refractivity contribution in [2.24, 2.45) is 0 Å². The summed E-state index contributed by atoms with van der Waals surface area (Å²) >= 11 is 0. The van der Waals surface area contributed by atoms with Crippen molar-refractivity contribution < 1.29 is 43.2 Å². The Hall–Kier alpha value is -4.99. The van der Waals surface area contributed by atoms with E-state index in [0.717, 1.165) is 51.2 Å². The van der Waals surface area contributed by atoms with Crippen LogP contribution in [0.15, 0.2) is 36.5 Å². The number of imide groups is 3. The van der Waals surface area contributed by atoms with Crippen molar-refractivity contribution in [3.8, 4) is 0 Å². The highest BCUT2D eigenvalue weighted by Gasteiger charge is 2.31. The van der Waals surface area contributed by atoms with Crippen LogP contribution >= 0.6 is 0 Å². The molecule has 0 aliphatic carbocycles. The standard InChI is InChI=1S/C30H39N7O9/c1-19(35-25(41)4-5-26(35)42)16-22(38)31-10-13-34(14-11-32-23(39)17-20(2)36-27(43)6-7-28(36)44)15-12-33-24(40)18-21(3)37-29(45)8-9-30(37)46/h4-9,19-21H,10-18H2,1-3H3,(H,31,38)(H,32,39)(H,33,40). The van der Waals surface area contributed by atoms with Gasteiger partial charge in [-0.15, -0.1) is 0 Å². The van der Waals surface area contributed by atoms with Crippen LogP contribution in [0, 0.1) is 0 Å². The lowest BCUT2D eigenvalue weighted by atomic mass is 10.2. The van der Waals surface area contributed by atoms with E-state index in [2.05, 4.69) is 16.0 Å². The lowest BCUT2D eigenvalue weighted by Crippen LogP contribution is -2.46. The molecule has 0 aromatic heterocycles. The third-order valence-electron chi connectivity index (χ3n) is 7.55. The predicted molar refractivity (Wildman–Crippen MR) is 161 cm³/mol. The van der Waals surface area contributed by atoms with Crippen molar-refractivity contribution in [3.63, 3.8) is 0 Å². The van der Waals surface area contributed by atoms with Crippen LogP contribution in [0.25, 0.3) is 0 Å². The van der Waals surface area contributed by atoms with Gasteiger partial charge >= 0.3 is 0 Å². The first-order valence-electron chi connectivity index (χ1n) is 15.0. The van der Waals surface area contributed by atoms with Gasteiger partial charge in [-0.1, -0.05) is 0 Å². The van der Waals surface area contributed by atoms with Gasteiger partial charge in [0.15, 0.2) is 0 Å². The first kappa shape index (κ1) is 35.5. The van der Waals surface area contributed by atoms with Gasteiger partial charge in [0.25, 0.3) is 35.4 Å². The number of nitrogens with zero attached hydrogens (tertiary/aromatic N) is 4. The second-order valence-corrected chi connectivity index (χ2v) is 11.2. The predicted octanol–water partition coefficient (Wildman–Crippen LogP) is -2.25. The van der Waals surface area contributed by atoms with Crippen molar-refractivity contribution in [1.82, 2.24) is 35.6 Å². The summed E-state index contributed by atoms with van der Waals surface area (Å²) in [4.78, 5) is 114. The van der Waals surface area contributed by atoms with Crippen LogP contribution in [0.2, 0.25) is 0 Å². The monoisotopic (exact) mass is 641 g/mol. The van der Waals surface area contributed by atoms with Gasteiger partial charge in [0, 0.05) is 113 Å². The van der Waals surface area contributed by atoms with Crippen molar-refractivity contribution >= 4 is 53.2 Å². The molecule has 3 aliphatic heterocycles. The quantitative estimate of drug-likeness (QED) is 0.137. The van der Waals surface area contributed by atoms with Crippen LogP contribution in [0.3, 0.4) is 0 Å². The molecule has 0 fully saturated rings. The van der Waals surface area contributed by atoms with Crippen molar-refractivity contribution in [1.29, 1.82) is 0 Å². The van der Waals surface area contributed by atoms with E-state index in [1.165, 1.54) is 0 Å². The molecule has 3 rings (SSSR count). The molecule has 9 amide bonds. The zero-order valence-electron chi connectivity index (χ0n) is 26.0. The molecule has 0 saturated heterocycles. The molecule has 0 aromatic rings. The van der Waals surface area contributed by atoms with Crippen molar-refractivity contribution in [2.45, 2.75) is 58.2 Å². The summed E-state index contributed by atoms with van der Waals surface area (Å²) in [6.07, 6.45) is 6.65. The topological polar surface area (TPSA) is 203 Å². The largest absolute Gasteiger partial charge is 0.355 e. The summed E-state index contributed by atoms with van der Waals surface area (Å²) in [5, 5.41) is 8.25. The summed E-state index contributed by atoms with van der Waals surface area (Å²) in [6.45, 7) is 6.35. The molecule has 3 heterocycles. The number of carbonyl (C=O) groups is 9. The van der Waals surface area contributed by atoms with E-state index in [1.54, 1.807) is 20.8 Å². The third kappa shape index (κ3) is 9.76. The number of amides is 9. The number of hydrogen-bond donors (Lipinski definition) is 3. The summed E-state index contributed by atoms with van der Waals surface area (Å²) < 4.78 is 0. The lowest BCUT2D eigenvalue weighted by molar-refractivity contribution is -0.141. The van der Waals surface area contributed by atoms with Crippen LogP contribution in [0.1, 0.15) is 40.0 Å². The molecule has 46 heavy (non-hydrogen) atoms. The van der Waals surface area contributed by atoms with Gasteiger partial charge in [-0.3, -0.25) is 62.8 Å². The molecule has 0 radical (unpaired) electrons. The average Bonchev–Trinajstić information content (AvgIpc) is 3.62. The van der Waals surface area contributed by atoms with Crippen LogP contribution in [0.5, 0.6) is 0 Å². The van der Waals surface area contributed by atoms with E-state index in [-0.39, 0.29) is 56.6 Å². The minimum absolute atomic E-state index is 0.0866. The van der Waals surface area contributed by atoms with Gasteiger partial charge in [0.1, 0.15) is 0 Å². The molecule has 16 nitrogen and oxygen atoms in total. The SMILES string of the molecule is CC(CC(=O)NCCN(CCNC(=O)CC(C)N1C(=O)C=CC1=O)CCNC(=O)CC(C)N1C(=O)C=CC1=O)N1C(=O)C=CC1=O. The molecule has 3 atom stereocenters. The fourth-order valence-electron chi connectivity index (χ4n) is 5.23. The maximum atomic E-state index is 12.5. The zero-order valence-corrected chi connectivity index (χ0v) is 26.0. The molecule has 0 saturated carbocycles. The molecule has 0 aromatic carbocycles. The normalized spacial score (nSPS) is 17.9. The summed E-state index contributed by atoms with van der Waals surface area (Å²) in [7, 11) is 0. The molecule has 0 bridgehead atoms. The minimum Gasteiger partial charge on any atom is -0.355 e. The first-order chi connectivity index (χ1) is 21.8. The number of nitrogens with one attached hydrogen (secondary N) is 3. The van der Waals surface area contributed by atoms with E-state index in [4.69, 9.17) is 0 Å². The first-order valence-corrected chi connectivity index (χ1v) is 15.0. The van der Waals surface area contributed by atoms with E-state index in [0.29, 0.717) is 19.6 Å². The number of carbonyl (C=O) groups excluding carboxylic acids is 9. The van der Waals surface area contributed by atoms with Crippen LogP contribution in [-0.2, 0) is 43.2 Å². The van der Waals surface area contributed by atoms with Gasteiger partial charge in [0.2, 0.25) is 17.7 Å². The highest BCUT2D eigenvalue weighted by Crippen LogP contribution is 2.13. The maximum absolute atomic E-state index is 12.5. The second kappa shape index (κ2) is 16.4. The van der Waals surface area contributed by atoms with E-state index < -0.39 is 53.6 Å². The Kier molecular flexibility index (Phi) is 12.6. The maximum Gasteiger partial charge on any atom is 0.253 e. The van der Waals surface area contributed by atoms with E-state index >= 15 is 0 Å². The smallest absolute Gasteiger partial charge is 0.253 e. The van der Waals surface area contributed by atoms with Gasteiger partial charge in [0.05, 0.1) is 0 Å². The Morgan fingerprint density at radius 2 is 0.717 bits per heavy atom.